The van der Waals surface area contributed by atoms with Crippen LogP contribution in [0.15, 0.2) is 0 Å². The largest absolute Gasteiger partial charge is 0.313 e. The summed E-state index contributed by atoms with van der Waals surface area (Å²) in [5.41, 5.74) is 0. The van der Waals surface area contributed by atoms with E-state index in [2.05, 4.69) is 24.5 Å². The lowest BCUT2D eigenvalue weighted by Crippen LogP contribution is -2.55. The molecule has 0 bridgehead atoms. The summed E-state index contributed by atoms with van der Waals surface area (Å²) in [6.07, 6.45) is 1.94. The zero-order valence-electron chi connectivity index (χ0n) is 11.2. The van der Waals surface area contributed by atoms with Crippen LogP contribution in [0.3, 0.4) is 0 Å². The molecule has 0 spiro atoms. The van der Waals surface area contributed by atoms with Crippen LogP contribution in [0.2, 0.25) is 0 Å². The first kappa shape index (κ1) is 13.5. The second-order valence-electron chi connectivity index (χ2n) is 5.43. The molecule has 2 N–H and O–H groups in total. The quantitative estimate of drug-likeness (QED) is 0.698. The SMILES string of the molecule is CC1CCNC(C)C1NCCN1C(=O)CCC1=O. The minimum absolute atomic E-state index is 0.0235. The summed E-state index contributed by atoms with van der Waals surface area (Å²) in [5.74, 6) is 0.584. The average Bonchev–Trinajstić information content (AvgIpc) is 2.64. The topological polar surface area (TPSA) is 61.4 Å². The molecule has 3 atom stereocenters. The number of rotatable bonds is 4. The van der Waals surface area contributed by atoms with Crippen LogP contribution in [0.1, 0.15) is 33.1 Å². The van der Waals surface area contributed by atoms with E-state index in [9.17, 15) is 9.59 Å². The Bertz CT molecular complexity index is 306. The summed E-state index contributed by atoms with van der Waals surface area (Å²) < 4.78 is 0. The maximum Gasteiger partial charge on any atom is 0.229 e. The standard InChI is InChI=1S/C13H23N3O2/c1-9-5-6-14-10(2)13(9)15-7-8-16-11(17)3-4-12(16)18/h9-10,13-15H,3-8H2,1-2H3. The van der Waals surface area contributed by atoms with Crippen LogP contribution < -0.4 is 10.6 Å². The maximum atomic E-state index is 11.5. The van der Waals surface area contributed by atoms with Gasteiger partial charge >= 0.3 is 0 Å². The van der Waals surface area contributed by atoms with E-state index in [1.165, 1.54) is 11.3 Å². The summed E-state index contributed by atoms with van der Waals surface area (Å²) >= 11 is 0. The smallest absolute Gasteiger partial charge is 0.229 e. The molecule has 0 aromatic rings. The number of carbonyl (C=O) groups excluding carboxylic acids is 2. The highest BCUT2D eigenvalue weighted by atomic mass is 16.2. The Morgan fingerprint density at radius 3 is 2.56 bits per heavy atom. The van der Waals surface area contributed by atoms with Crippen LogP contribution in [0, 0.1) is 5.92 Å². The van der Waals surface area contributed by atoms with Gasteiger partial charge in [0, 0.05) is 38.0 Å². The second-order valence-corrected chi connectivity index (χ2v) is 5.43. The number of piperidine rings is 1. The Morgan fingerprint density at radius 1 is 1.28 bits per heavy atom. The Kier molecular flexibility index (Phi) is 4.35. The molecule has 2 fully saturated rings. The highest BCUT2D eigenvalue weighted by molar-refractivity contribution is 6.01. The van der Waals surface area contributed by atoms with Gasteiger partial charge in [0.1, 0.15) is 0 Å². The van der Waals surface area contributed by atoms with Gasteiger partial charge in [0.25, 0.3) is 0 Å². The Hall–Kier alpha value is -0.940. The van der Waals surface area contributed by atoms with Gasteiger partial charge in [0.05, 0.1) is 0 Å². The van der Waals surface area contributed by atoms with E-state index in [-0.39, 0.29) is 11.8 Å². The lowest BCUT2D eigenvalue weighted by Gasteiger charge is -2.36. The van der Waals surface area contributed by atoms with Crippen LogP contribution in [-0.4, -0.2) is 48.4 Å². The molecule has 2 rings (SSSR count). The maximum absolute atomic E-state index is 11.5. The number of nitrogens with zero attached hydrogens (tertiary/aromatic N) is 1. The summed E-state index contributed by atoms with van der Waals surface area (Å²) in [4.78, 5) is 24.3. The molecule has 102 valence electrons. The Balaban J connectivity index is 1.77. The molecule has 5 nitrogen and oxygen atoms in total. The van der Waals surface area contributed by atoms with Crippen molar-refractivity contribution >= 4 is 11.8 Å². The fourth-order valence-electron chi connectivity index (χ4n) is 2.93. The summed E-state index contributed by atoms with van der Waals surface area (Å²) in [7, 11) is 0. The number of hydrogen-bond acceptors (Lipinski definition) is 4. The first-order valence-electron chi connectivity index (χ1n) is 6.89. The highest BCUT2D eigenvalue weighted by Gasteiger charge is 2.30. The average molecular weight is 253 g/mol. The third-order valence-corrected chi connectivity index (χ3v) is 4.09. The van der Waals surface area contributed by atoms with Crippen LogP contribution in [0.5, 0.6) is 0 Å². The number of imide groups is 1. The molecule has 2 aliphatic rings. The van der Waals surface area contributed by atoms with E-state index in [4.69, 9.17) is 0 Å². The summed E-state index contributed by atoms with van der Waals surface area (Å²) in [5, 5.41) is 6.93. The van der Waals surface area contributed by atoms with Crippen molar-refractivity contribution in [1.29, 1.82) is 0 Å². The van der Waals surface area contributed by atoms with Crippen molar-refractivity contribution in [3.8, 4) is 0 Å². The third kappa shape index (κ3) is 2.90. The fourth-order valence-corrected chi connectivity index (χ4v) is 2.93. The predicted molar refractivity (Wildman–Crippen MR) is 69.0 cm³/mol. The lowest BCUT2D eigenvalue weighted by atomic mass is 9.89. The molecule has 0 saturated carbocycles. The highest BCUT2D eigenvalue weighted by Crippen LogP contribution is 2.16. The molecule has 2 aliphatic heterocycles. The Labute approximate surface area is 108 Å². The van der Waals surface area contributed by atoms with Crippen molar-refractivity contribution in [3.05, 3.63) is 0 Å². The number of likely N-dealkylation sites (tertiary alicyclic amines) is 1. The van der Waals surface area contributed by atoms with Crippen LogP contribution >= 0.6 is 0 Å². The van der Waals surface area contributed by atoms with Crippen LogP contribution in [0.25, 0.3) is 0 Å². The molecule has 2 amide bonds. The van der Waals surface area contributed by atoms with Crippen LogP contribution in [0.4, 0.5) is 0 Å². The normalized spacial score (nSPS) is 33.2. The van der Waals surface area contributed by atoms with Crippen molar-refractivity contribution in [2.24, 2.45) is 5.92 Å². The van der Waals surface area contributed by atoms with Crippen molar-refractivity contribution in [2.45, 2.75) is 45.2 Å². The lowest BCUT2D eigenvalue weighted by molar-refractivity contribution is -0.138. The molecule has 3 unspecified atom stereocenters. The molecule has 0 aromatic carbocycles. The molecule has 18 heavy (non-hydrogen) atoms. The third-order valence-electron chi connectivity index (χ3n) is 4.09. The minimum atomic E-state index is -0.0235. The van der Waals surface area contributed by atoms with Gasteiger partial charge in [-0.15, -0.1) is 0 Å². The van der Waals surface area contributed by atoms with E-state index in [0.29, 0.717) is 43.9 Å². The zero-order chi connectivity index (χ0) is 13.1. The summed E-state index contributed by atoms with van der Waals surface area (Å²) in [6.45, 7) is 6.70. The molecule has 2 saturated heterocycles. The number of amides is 2. The van der Waals surface area contributed by atoms with Crippen molar-refractivity contribution in [2.75, 3.05) is 19.6 Å². The van der Waals surface area contributed by atoms with E-state index in [1.807, 2.05) is 0 Å². The number of carbonyl (C=O) groups is 2. The minimum Gasteiger partial charge on any atom is -0.313 e. The molecular weight excluding hydrogens is 230 g/mol. The van der Waals surface area contributed by atoms with Crippen molar-refractivity contribution in [1.82, 2.24) is 15.5 Å². The van der Waals surface area contributed by atoms with E-state index >= 15 is 0 Å². The van der Waals surface area contributed by atoms with E-state index < -0.39 is 0 Å². The zero-order valence-corrected chi connectivity index (χ0v) is 11.2. The van der Waals surface area contributed by atoms with Gasteiger partial charge in [0.15, 0.2) is 0 Å². The molecular formula is C13H23N3O2. The van der Waals surface area contributed by atoms with Gasteiger partial charge in [-0.1, -0.05) is 6.92 Å². The van der Waals surface area contributed by atoms with Gasteiger partial charge in [-0.2, -0.15) is 0 Å². The van der Waals surface area contributed by atoms with Crippen LogP contribution in [-0.2, 0) is 9.59 Å². The van der Waals surface area contributed by atoms with Crippen molar-refractivity contribution < 1.29 is 9.59 Å². The first-order valence-corrected chi connectivity index (χ1v) is 6.89. The first-order chi connectivity index (χ1) is 8.59. The molecule has 0 aromatic heterocycles. The fraction of sp³-hybridized carbons (Fsp3) is 0.846. The number of nitrogens with one attached hydrogen (secondary N) is 2. The Morgan fingerprint density at radius 2 is 1.94 bits per heavy atom. The van der Waals surface area contributed by atoms with Gasteiger partial charge in [-0.3, -0.25) is 14.5 Å². The number of hydrogen-bond donors (Lipinski definition) is 2. The predicted octanol–water partition coefficient (Wildman–Crippen LogP) is 0.112. The molecule has 0 radical (unpaired) electrons. The van der Waals surface area contributed by atoms with Gasteiger partial charge in [-0.05, 0) is 25.8 Å². The molecule has 2 heterocycles. The molecule has 0 aliphatic carbocycles. The van der Waals surface area contributed by atoms with Crippen molar-refractivity contribution in [3.63, 3.8) is 0 Å². The van der Waals surface area contributed by atoms with E-state index in [1.54, 1.807) is 0 Å². The summed E-state index contributed by atoms with van der Waals surface area (Å²) in [6, 6.07) is 0.866. The monoisotopic (exact) mass is 253 g/mol. The van der Waals surface area contributed by atoms with E-state index in [0.717, 1.165) is 6.54 Å². The second kappa shape index (κ2) is 5.80. The molecule has 5 heteroatoms. The van der Waals surface area contributed by atoms with Gasteiger partial charge < -0.3 is 10.6 Å². The van der Waals surface area contributed by atoms with Gasteiger partial charge in [-0.25, -0.2) is 0 Å². The van der Waals surface area contributed by atoms with Gasteiger partial charge in [0.2, 0.25) is 11.8 Å².